The summed E-state index contributed by atoms with van der Waals surface area (Å²) in [7, 11) is 3.08. The number of carbonyl (C=O) groups is 2. The molecule has 138 valence electrons. The van der Waals surface area contributed by atoms with Gasteiger partial charge >= 0.3 is 5.97 Å². The number of methoxy groups -OCH3 is 1. The van der Waals surface area contributed by atoms with Crippen molar-refractivity contribution in [1.29, 1.82) is 0 Å². The number of aromatic carboxylic acids is 1. The summed E-state index contributed by atoms with van der Waals surface area (Å²) in [6.45, 7) is 0. The Morgan fingerprint density at radius 1 is 1.22 bits per heavy atom. The number of nitrogens with zero attached hydrogens (tertiary/aromatic N) is 2. The minimum Gasteiger partial charge on any atom is -0.504 e. The molecule has 0 unspecified atom stereocenters. The molecule has 0 saturated carbocycles. The summed E-state index contributed by atoms with van der Waals surface area (Å²) >= 11 is 1.21. The van der Waals surface area contributed by atoms with Crippen molar-refractivity contribution < 1.29 is 24.5 Å². The number of carboxylic acids is 1. The highest BCUT2D eigenvalue weighted by Gasteiger charge is 2.30. The van der Waals surface area contributed by atoms with E-state index in [-0.39, 0.29) is 17.2 Å². The molecular formula is C19H16N2O5S. The Labute approximate surface area is 159 Å². The van der Waals surface area contributed by atoms with E-state index in [1.165, 1.54) is 42.0 Å². The number of thioether (sulfide) groups is 1. The van der Waals surface area contributed by atoms with Crippen molar-refractivity contribution in [2.24, 2.45) is 4.99 Å². The van der Waals surface area contributed by atoms with Gasteiger partial charge in [0.25, 0.3) is 5.91 Å². The lowest BCUT2D eigenvalue weighted by atomic mass is 10.2. The van der Waals surface area contributed by atoms with Crippen LogP contribution in [0, 0.1) is 0 Å². The van der Waals surface area contributed by atoms with Crippen LogP contribution < -0.4 is 4.74 Å². The predicted molar refractivity (Wildman–Crippen MR) is 103 cm³/mol. The van der Waals surface area contributed by atoms with E-state index < -0.39 is 5.97 Å². The zero-order valence-electron chi connectivity index (χ0n) is 14.5. The third-order valence-corrected chi connectivity index (χ3v) is 4.90. The van der Waals surface area contributed by atoms with Crippen LogP contribution in [-0.4, -0.2) is 46.3 Å². The third kappa shape index (κ3) is 3.95. The molecule has 1 aliphatic heterocycles. The van der Waals surface area contributed by atoms with E-state index in [0.717, 1.165) is 0 Å². The maximum Gasteiger partial charge on any atom is 0.335 e. The summed E-state index contributed by atoms with van der Waals surface area (Å²) in [6.07, 6.45) is 1.70. The largest absolute Gasteiger partial charge is 0.504 e. The molecule has 2 N–H and O–H groups in total. The van der Waals surface area contributed by atoms with E-state index in [4.69, 9.17) is 9.84 Å². The van der Waals surface area contributed by atoms with Crippen LogP contribution in [0.3, 0.4) is 0 Å². The van der Waals surface area contributed by atoms with E-state index in [0.29, 0.717) is 27.1 Å². The molecule has 0 aromatic heterocycles. The number of ether oxygens (including phenoxy) is 1. The van der Waals surface area contributed by atoms with Gasteiger partial charge in [-0.2, -0.15) is 0 Å². The Balaban J connectivity index is 1.87. The summed E-state index contributed by atoms with van der Waals surface area (Å²) in [6, 6.07) is 10.9. The van der Waals surface area contributed by atoms with Crippen LogP contribution in [0.25, 0.3) is 6.08 Å². The fraction of sp³-hybridized carbons (Fsp3) is 0.105. The van der Waals surface area contributed by atoms with Crippen LogP contribution in [0.5, 0.6) is 11.5 Å². The van der Waals surface area contributed by atoms with Gasteiger partial charge in [-0.05, 0) is 59.8 Å². The molecule has 1 fully saturated rings. The number of amides is 1. The Kier molecular flexibility index (Phi) is 5.18. The van der Waals surface area contributed by atoms with Crippen LogP contribution in [-0.2, 0) is 4.79 Å². The van der Waals surface area contributed by atoms with Gasteiger partial charge in [0.15, 0.2) is 16.7 Å². The summed E-state index contributed by atoms with van der Waals surface area (Å²) in [4.78, 5) is 29.7. The molecule has 1 heterocycles. The average molecular weight is 384 g/mol. The summed E-state index contributed by atoms with van der Waals surface area (Å²) in [5, 5.41) is 19.1. The van der Waals surface area contributed by atoms with Gasteiger partial charge in [0.05, 0.1) is 23.3 Å². The van der Waals surface area contributed by atoms with Gasteiger partial charge in [-0.3, -0.25) is 9.69 Å². The number of amidine groups is 1. The highest BCUT2D eigenvalue weighted by atomic mass is 32.2. The molecule has 0 radical (unpaired) electrons. The fourth-order valence-corrected chi connectivity index (χ4v) is 3.36. The second-order valence-corrected chi connectivity index (χ2v) is 6.66. The van der Waals surface area contributed by atoms with Crippen LogP contribution in [0.15, 0.2) is 52.4 Å². The summed E-state index contributed by atoms with van der Waals surface area (Å²) < 4.78 is 5.08. The van der Waals surface area contributed by atoms with E-state index in [2.05, 4.69) is 4.99 Å². The van der Waals surface area contributed by atoms with Gasteiger partial charge in [0, 0.05) is 7.05 Å². The molecular weight excluding hydrogens is 368 g/mol. The Morgan fingerprint density at radius 2 is 1.93 bits per heavy atom. The minimum absolute atomic E-state index is 0.0224. The molecule has 1 amide bonds. The van der Waals surface area contributed by atoms with E-state index >= 15 is 0 Å². The number of aromatic hydroxyl groups is 1. The van der Waals surface area contributed by atoms with E-state index in [9.17, 15) is 14.7 Å². The highest BCUT2D eigenvalue weighted by molar-refractivity contribution is 8.18. The zero-order valence-corrected chi connectivity index (χ0v) is 15.4. The van der Waals surface area contributed by atoms with Gasteiger partial charge < -0.3 is 14.9 Å². The first-order chi connectivity index (χ1) is 12.9. The topological polar surface area (TPSA) is 99.4 Å². The van der Waals surface area contributed by atoms with E-state index in [1.54, 1.807) is 37.4 Å². The molecule has 0 aliphatic carbocycles. The molecule has 8 heteroatoms. The maximum absolute atomic E-state index is 12.5. The number of benzene rings is 2. The second-order valence-electron chi connectivity index (χ2n) is 5.65. The number of phenolic OH excluding ortho intramolecular Hbond substituents is 1. The number of likely N-dealkylation sites (N-methyl/N-ethyl adjacent to an activating group) is 1. The van der Waals surface area contributed by atoms with E-state index in [1.807, 2.05) is 0 Å². The molecule has 0 atom stereocenters. The van der Waals surface area contributed by atoms with Crippen molar-refractivity contribution in [2.75, 3.05) is 14.2 Å². The van der Waals surface area contributed by atoms with Crippen LogP contribution in [0.4, 0.5) is 5.69 Å². The Hall–Kier alpha value is -3.26. The number of rotatable bonds is 4. The van der Waals surface area contributed by atoms with Crippen molar-refractivity contribution >= 4 is 40.6 Å². The van der Waals surface area contributed by atoms with Crippen molar-refractivity contribution in [2.45, 2.75) is 0 Å². The molecule has 1 aliphatic rings. The van der Waals surface area contributed by atoms with Crippen LogP contribution in [0.2, 0.25) is 0 Å². The van der Waals surface area contributed by atoms with Crippen LogP contribution >= 0.6 is 11.8 Å². The first-order valence-electron chi connectivity index (χ1n) is 7.85. The number of carbonyl (C=O) groups excluding carboxylic acids is 1. The maximum atomic E-state index is 12.5. The summed E-state index contributed by atoms with van der Waals surface area (Å²) in [5.74, 6) is -0.867. The molecule has 0 bridgehead atoms. The van der Waals surface area contributed by atoms with Crippen molar-refractivity contribution in [1.82, 2.24) is 4.90 Å². The second kappa shape index (κ2) is 7.55. The molecule has 1 saturated heterocycles. The monoisotopic (exact) mass is 384 g/mol. The first kappa shape index (κ1) is 18.5. The lowest BCUT2D eigenvalue weighted by Gasteiger charge is -2.07. The lowest BCUT2D eigenvalue weighted by Crippen LogP contribution is -2.23. The summed E-state index contributed by atoms with van der Waals surface area (Å²) in [5.41, 5.74) is 1.43. The number of hydrogen-bond acceptors (Lipinski definition) is 6. The quantitative estimate of drug-likeness (QED) is 0.785. The van der Waals surface area contributed by atoms with Gasteiger partial charge in [-0.1, -0.05) is 6.07 Å². The molecule has 0 spiro atoms. The third-order valence-electron chi connectivity index (χ3n) is 3.84. The first-order valence-corrected chi connectivity index (χ1v) is 8.67. The normalized spacial score (nSPS) is 17.0. The number of carboxylic acid groups (broad SMARTS) is 1. The van der Waals surface area contributed by atoms with Crippen LogP contribution in [0.1, 0.15) is 15.9 Å². The average Bonchev–Trinajstić information content (AvgIpc) is 2.91. The molecule has 2 aromatic rings. The number of aliphatic imine (C=N–C) groups is 1. The van der Waals surface area contributed by atoms with Crippen molar-refractivity contribution in [3.63, 3.8) is 0 Å². The predicted octanol–water partition coefficient (Wildman–Crippen LogP) is 3.33. The SMILES string of the molecule is COc1cc(/C=C2\SC(=Nc3ccc(C(=O)O)cc3)N(C)C2=O)ccc1O. The Morgan fingerprint density at radius 3 is 2.56 bits per heavy atom. The number of hydrogen-bond donors (Lipinski definition) is 2. The highest BCUT2D eigenvalue weighted by Crippen LogP contribution is 2.34. The standard InChI is InChI=1S/C19H16N2O5S/c1-21-17(23)16(10-11-3-8-14(22)15(9-11)26-2)27-19(21)20-13-6-4-12(5-7-13)18(24)25/h3-10,22H,1-2H3,(H,24,25)/b16-10-,20-19?. The van der Waals surface area contributed by atoms with Crippen molar-refractivity contribution in [3.05, 3.63) is 58.5 Å². The smallest absolute Gasteiger partial charge is 0.335 e. The number of phenols is 1. The van der Waals surface area contributed by atoms with Gasteiger partial charge in [-0.25, -0.2) is 9.79 Å². The molecule has 2 aromatic carbocycles. The van der Waals surface area contributed by atoms with Gasteiger partial charge in [0.1, 0.15) is 0 Å². The zero-order chi connectivity index (χ0) is 19.6. The van der Waals surface area contributed by atoms with Gasteiger partial charge in [0.2, 0.25) is 0 Å². The molecule has 3 rings (SSSR count). The fourth-order valence-electron chi connectivity index (χ4n) is 2.38. The Bertz CT molecular complexity index is 967. The van der Waals surface area contributed by atoms with Gasteiger partial charge in [-0.15, -0.1) is 0 Å². The minimum atomic E-state index is -1.01. The lowest BCUT2D eigenvalue weighted by molar-refractivity contribution is -0.121. The van der Waals surface area contributed by atoms with Crippen molar-refractivity contribution in [3.8, 4) is 11.5 Å². The molecule has 27 heavy (non-hydrogen) atoms. The molecule has 7 nitrogen and oxygen atoms in total.